The van der Waals surface area contributed by atoms with Gasteiger partial charge in [0.2, 0.25) is 10.7 Å². The maximum absolute atomic E-state index is 12.9. The Labute approximate surface area is 139 Å². The van der Waals surface area contributed by atoms with Crippen molar-refractivity contribution in [3.8, 4) is 0 Å². The lowest BCUT2D eigenvalue weighted by atomic mass is 10.0. The molecule has 23 heavy (non-hydrogen) atoms. The van der Waals surface area contributed by atoms with Crippen LogP contribution in [-0.4, -0.2) is 15.9 Å². The van der Waals surface area contributed by atoms with E-state index in [1.54, 1.807) is 18.2 Å². The van der Waals surface area contributed by atoms with Gasteiger partial charge in [-0.15, -0.1) is 0 Å². The van der Waals surface area contributed by atoms with Crippen LogP contribution in [0.2, 0.25) is 0 Å². The number of benzene rings is 2. The molecule has 0 amide bonds. The summed E-state index contributed by atoms with van der Waals surface area (Å²) < 4.78 is 12.9. The number of ketones is 1. The first-order chi connectivity index (χ1) is 10.9. The highest BCUT2D eigenvalue weighted by Crippen LogP contribution is 2.37. The van der Waals surface area contributed by atoms with E-state index in [1.807, 2.05) is 57.2 Å². The highest BCUT2D eigenvalue weighted by atomic mass is 32.2. The Kier molecular flexibility index (Phi) is 4.04. The zero-order valence-corrected chi connectivity index (χ0v) is 14.2. The van der Waals surface area contributed by atoms with Gasteiger partial charge in [-0.2, -0.15) is 0 Å². The largest absolute Gasteiger partial charge is 0.606 e. The number of carbonyl (C=O) groups is 1. The van der Waals surface area contributed by atoms with Crippen molar-refractivity contribution >= 4 is 22.7 Å². The molecule has 1 atom stereocenters. The maximum Gasteiger partial charge on any atom is 0.248 e. The van der Waals surface area contributed by atoms with Gasteiger partial charge in [0.05, 0.1) is 5.56 Å². The number of carbonyl (C=O) groups excluding carboxylic acids is 1. The molecule has 0 aliphatic carbocycles. The standard InChI is InChI=1S/C19H19NO2S/c1-19(2,3)20-16(13-9-5-4-6-10-13)18-17(21)14-11-7-8-12-15(14)23(18)22/h4-12,20H,1-3H3. The van der Waals surface area contributed by atoms with Gasteiger partial charge < -0.3 is 9.87 Å². The van der Waals surface area contributed by atoms with E-state index in [2.05, 4.69) is 5.32 Å². The molecule has 0 bridgehead atoms. The molecule has 0 saturated heterocycles. The van der Waals surface area contributed by atoms with Crippen molar-refractivity contribution in [1.29, 1.82) is 0 Å². The van der Waals surface area contributed by atoms with E-state index in [0.717, 1.165) is 5.56 Å². The quantitative estimate of drug-likeness (QED) is 0.676. The first-order valence-corrected chi connectivity index (χ1v) is 8.67. The Morgan fingerprint density at radius 3 is 2.22 bits per heavy atom. The van der Waals surface area contributed by atoms with E-state index < -0.39 is 11.2 Å². The molecule has 3 rings (SSSR count). The Hall–Kier alpha value is -2.04. The summed E-state index contributed by atoms with van der Waals surface area (Å²) in [5.41, 5.74) is 1.80. The predicted molar refractivity (Wildman–Crippen MR) is 93.4 cm³/mol. The van der Waals surface area contributed by atoms with Gasteiger partial charge >= 0.3 is 0 Å². The number of Topliss-reactive ketones (excluding diaryl/α,β-unsaturated/α-hetero) is 1. The van der Waals surface area contributed by atoms with Crippen LogP contribution in [0.1, 0.15) is 36.7 Å². The number of nitrogens with one attached hydrogen (secondary N) is 1. The van der Waals surface area contributed by atoms with Crippen molar-refractivity contribution in [3.63, 3.8) is 0 Å². The Bertz CT molecular complexity index is 775. The molecule has 1 aliphatic rings. The van der Waals surface area contributed by atoms with Crippen LogP contribution >= 0.6 is 0 Å². The van der Waals surface area contributed by atoms with Crippen LogP contribution in [-0.2, 0) is 11.2 Å². The average Bonchev–Trinajstić information content (AvgIpc) is 2.77. The van der Waals surface area contributed by atoms with Crippen LogP contribution in [0.5, 0.6) is 0 Å². The second-order valence-electron chi connectivity index (χ2n) is 6.54. The van der Waals surface area contributed by atoms with Crippen molar-refractivity contribution < 1.29 is 9.35 Å². The average molecular weight is 325 g/mol. The molecule has 0 radical (unpaired) electrons. The Morgan fingerprint density at radius 2 is 1.61 bits per heavy atom. The van der Waals surface area contributed by atoms with E-state index in [4.69, 9.17) is 0 Å². The molecule has 0 spiro atoms. The second kappa shape index (κ2) is 5.87. The number of hydrogen-bond donors (Lipinski definition) is 1. The van der Waals surface area contributed by atoms with Crippen molar-refractivity contribution in [2.75, 3.05) is 0 Å². The minimum Gasteiger partial charge on any atom is -0.606 e. The van der Waals surface area contributed by atoms with Crippen LogP contribution in [0.15, 0.2) is 64.4 Å². The SMILES string of the molecule is CC(C)(C)NC(=C1C(=O)c2ccccc2[S+]1[O-])c1ccccc1. The predicted octanol–water partition coefficient (Wildman–Crippen LogP) is 3.75. The number of fused-ring (bicyclic) bond motifs is 1. The third kappa shape index (κ3) is 3.05. The van der Waals surface area contributed by atoms with Gasteiger partial charge in [0, 0.05) is 22.3 Å². The molecule has 1 heterocycles. The molecule has 4 heteroatoms. The van der Waals surface area contributed by atoms with Crippen LogP contribution in [0, 0.1) is 0 Å². The molecular formula is C19H19NO2S. The van der Waals surface area contributed by atoms with E-state index in [1.165, 1.54) is 0 Å². The summed E-state index contributed by atoms with van der Waals surface area (Å²) in [4.78, 5) is 13.8. The van der Waals surface area contributed by atoms with Crippen LogP contribution in [0.25, 0.3) is 5.70 Å². The van der Waals surface area contributed by atoms with Gasteiger partial charge in [0.15, 0.2) is 4.90 Å². The minimum absolute atomic E-state index is 0.158. The lowest BCUT2D eigenvalue weighted by Crippen LogP contribution is -2.36. The normalized spacial score (nSPS) is 19.5. The van der Waals surface area contributed by atoms with Gasteiger partial charge in [-0.25, -0.2) is 0 Å². The molecule has 1 unspecified atom stereocenters. The fourth-order valence-corrected chi connectivity index (χ4v) is 3.99. The lowest BCUT2D eigenvalue weighted by Gasteiger charge is -2.25. The summed E-state index contributed by atoms with van der Waals surface area (Å²) >= 11 is -1.46. The molecule has 0 saturated carbocycles. The molecule has 118 valence electrons. The third-order valence-corrected chi connectivity index (χ3v) is 5.03. The summed E-state index contributed by atoms with van der Waals surface area (Å²) in [6, 6.07) is 16.7. The summed E-state index contributed by atoms with van der Waals surface area (Å²) in [7, 11) is 0. The third-order valence-electron chi connectivity index (χ3n) is 3.51. The van der Waals surface area contributed by atoms with E-state index in [0.29, 0.717) is 21.1 Å². The van der Waals surface area contributed by atoms with E-state index >= 15 is 0 Å². The minimum atomic E-state index is -1.46. The Balaban J connectivity index is 2.20. The summed E-state index contributed by atoms with van der Waals surface area (Å²) in [6.45, 7) is 6.06. The molecule has 1 N–H and O–H groups in total. The summed E-state index contributed by atoms with van der Waals surface area (Å²) in [6.07, 6.45) is 0. The summed E-state index contributed by atoms with van der Waals surface area (Å²) in [5.74, 6) is -0.158. The first kappa shape index (κ1) is 15.8. The van der Waals surface area contributed by atoms with Gasteiger partial charge in [-0.1, -0.05) is 42.5 Å². The van der Waals surface area contributed by atoms with Crippen molar-refractivity contribution in [3.05, 3.63) is 70.6 Å². The number of hydrogen-bond acceptors (Lipinski definition) is 3. The zero-order valence-electron chi connectivity index (χ0n) is 13.4. The molecule has 2 aromatic rings. The number of rotatable bonds is 2. The monoisotopic (exact) mass is 325 g/mol. The van der Waals surface area contributed by atoms with Gasteiger partial charge in [-0.05, 0) is 32.9 Å². The molecule has 3 nitrogen and oxygen atoms in total. The molecule has 0 aromatic heterocycles. The Morgan fingerprint density at radius 1 is 1.00 bits per heavy atom. The van der Waals surface area contributed by atoms with Gasteiger partial charge in [-0.3, -0.25) is 4.79 Å². The first-order valence-electron chi connectivity index (χ1n) is 7.52. The zero-order chi connectivity index (χ0) is 16.6. The molecule has 2 aromatic carbocycles. The van der Waals surface area contributed by atoms with Crippen LogP contribution in [0.4, 0.5) is 0 Å². The molecule has 1 aliphatic heterocycles. The highest BCUT2D eigenvalue weighted by molar-refractivity contribution is 7.97. The van der Waals surface area contributed by atoms with Crippen molar-refractivity contribution in [2.24, 2.45) is 0 Å². The maximum atomic E-state index is 12.9. The topological polar surface area (TPSA) is 52.2 Å². The van der Waals surface area contributed by atoms with Gasteiger partial charge in [0.1, 0.15) is 5.70 Å². The molecule has 0 fully saturated rings. The number of allylic oxidation sites excluding steroid dienone is 1. The second-order valence-corrected chi connectivity index (χ2v) is 7.92. The van der Waals surface area contributed by atoms with E-state index in [9.17, 15) is 9.35 Å². The van der Waals surface area contributed by atoms with Crippen molar-refractivity contribution in [2.45, 2.75) is 31.2 Å². The lowest BCUT2D eigenvalue weighted by molar-refractivity contribution is 0.104. The fraction of sp³-hybridized carbons (Fsp3) is 0.211. The smallest absolute Gasteiger partial charge is 0.248 e. The van der Waals surface area contributed by atoms with Crippen molar-refractivity contribution in [1.82, 2.24) is 5.32 Å². The fourth-order valence-electron chi connectivity index (χ4n) is 2.58. The molecular weight excluding hydrogens is 306 g/mol. The van der Waals surface area contributed by atoms with Crippen LogP contribution in [0.3, 0.4) is 0 Å². The van der Waals surface area contributed by atoms with E-state index in [-0.39, 0.29) is 11.3 Å². The summed E-state index contributed by atoms with van der Waals surface area (Å²) in [5, 5.41) is 3.38. The van der Waals surface area contributed by atoms with Crippen LogP contribution < -0.4 is 5.32 Å². The van der Waals surface area contributed by atoms with Gasteiger partial charge in [0.25, 0.3) is 0 Å². The highest BCUT2D eigenvalue weighted by Gasteiger charge is 2.42.